The summed E-state index contributed by atoms with van der Waals surface area (Å²) in [5.41, 5.74) is 0.944. The van der Waals surface area contributed by atoms with E-state index in [0.717, 1.165) is 41.3 Å². The lowest BCUT2D eigenvalue weighted by atomic mass is 10.0. The van der Waals surface area contributed by atoms with E-state index < -0.39 is 6.09 Å². The van der Waals surface area contributed by atoms with E-state index in [1.807, 2.05) is 48.5 Å². The van der Waals surface area contributed by atoms with Crippen LogP contribution in [0.5, 0.6) is 16.7 Å². The lowest BCUT2D eigenvalue weighted by Gasteiger charge is -2.19. The molecule has 0 saturated carbocycles. The van der Waals surface area contributed by atoms with E-state index in [4.69, 9.17) is 14.6 Å². The zero-order chi connectivity index (χ0) is 20.5. The molecule has 5 rings (SSSR count). The quantitative estimate of drug-likeness (QED) is 0.643. The van der Waals surface area contributed by atoms with E-state index in [1.165, 1.54) is 11.3 Å². The standard InChI is InChI=1S/C22H23N3O4S/c26-22(27)25-13-15-11-24(12-16(15)14-25)9-10-28-17-5-7-18(8-6-17)29-21-23-19-3-1-2-4-20(19)30-21/h1-8,15-16H,9-14H2,(H,26,27). The molecule has 2 aromatic carbocycles. The van der Waals surface area contributed by atoms with Crippen molar-refractivity contribution in [2.75, 3.05) is 39.3 Å². The molecule has 1 amide bonds. The van der Waals surface area contributed by atoms with Crippen molar-refractivity contribution in [2.24, 2.45) is 11.8 Å². The Morgan fingerprint density at radius 1 is 1.03 bits per heavy atom. The monoisotopic (exact) mass is 425 g/mol. The van der Waals surface area contributed by atoms with Gasteiger partial charge >= 0.3 is 6.09 Å². The molecule has 0 radical (unpaired) electrons. The van der Waals surface area contributed by atoms with Crippen molar-refractivity contribution in [1.82, 2.24) is 14.8 Å². The fourth-order valence-electron chi connectivity index (χ4n) is 4.32. The first kappa shape index (κ1) is 19.1. The van der Waals surface area contributed by atoms with Gasteiger partial charge in [0.15, 0.2) is 0 Å². The van der Waals surface area contributed by atoms with Gasteiger partial charge in [-0.1, -0.05) is 23.5 Å². The van der Waals surface area contributed by atoms with Crippen LogP contribution in [-0.2, 0) is 0 Å². The summed E-state index contributed by atoms with van der Waals surface area (Å²) in [5.74, 6) is 2.46. The molecule has 1 aromatic heterocycles. The molecule has 2 fully saturated rings. The van der Waals surface area contributed by atoms with Crippen LogP contribution in [0.3, 0.4) is 0 Å². The van der Waals surface area contributed by atoms with Gasteiger partial charge in [0.05, 0.1) is 10.2 Å². The highest BCUT2D eigenvalue weighted by Crippen LogP contribution is 2.32. The van der Waals surface area contributed by atoms with E-state index in [1.54, 1.807) is 4.90 Å². The highest BCUT2D eigenvalue weighted by atomic mass is 32.1. The number of hydrogen-bond acceptors (Lipinski definition) is 6. The van der Waals surface area contributed by atoms with Gasteiger partial charge in [0.1, 0.15) is 18.1 Å². The highest BCUT2D eigenvalue weighted by molar-refractivity contribution is 7.20. The van der Waals surface area contributed by atoms with Gasteiger partial charge in [-0.15, -0.1) is 0 Å². The summed E-state index contributed by atoms with van der Waals surface area (Å²) in [6.45, 7) is 4.69. The van der Waals surface area contributed by atoms with Crippen LogP contribution in [0.25, 0.3) is 10.2 Å². The second-order valence-electron chi connectivity index (χ2n) is 7.84. The van der Waals surface area contributed by atoms with Crippen LogP contribution < -0.4 is 9.47 Å². The Balaban J connectivity index is 1.08. The maximum absolute atomic E-state index is 11.1. The Bertz CT molecular complexity index is 991. The first-order valence-electron chi connectivity index (χ1n) is 10.1. The summed E-state index contributed by atoms with van der Waals surface area (Å²) < 4.78 is 12.9. The second kappa shape index (κ2) is 8.12. The Hall–Kier alpha value is -2.84. The summed E-state index contributed by atoms with van der Waals surface area (Å²) >= 11 is 1.53. The first-order chi connectivity index (χ1) is 14.6. The lowest BCUT2D eigenvalue weighted by molar-refractivity contribution is 0.147. The third-order valence-electron chi connectivity index (χ3n) is 5.81. The molecule has 0 bridgehead atoms. The number of hydrogen-bond donors (Lipinski definition) is 1. The molecule has 2 saturated heterocycles. The number of likely N-dealkylation sites (tertiary alicyclic amines) is 2. The van der Waals surface area contributed by atoms with Crippen molar-refractivity contribution in [3.05, 3.63) is 48.5 Å². The topological polar surface area (TPSA) is 75.1 Å². The predicted octanol–water partition coefficient (Wildman–Crippen LogP) is 4.01. The van der Waals surface area contributed by atoms with Crippen LogP contribution in [0.15, 0.2) is 48.5 Å². The number of amides is 1. The average Bonchev–Trinajstić information content (AvgIpc) is 3.41. The molecule has 8 heteroatoms. The van der Waals surface area contributed by atoms with Crippen molar-refractivity contribution >= 4 is 27.6 Å². The van der Waals surface area contributed by atoms with Gasteiger partial charge in [-0.2, -0.15) is 0 Å². The summed E-state index contributed by atoms with van der Waals surface area (Å²) in [6, 6.07) is 15.6. The van der Waals surface area contributed by atoms with Crippen LogP contribution in [0.1, 0.15) is 0 Å². The van der Waals surface area contributed by atoms with Crippen LogP contribution in [-0.4, -0.2) is 65.3 Å². The molecule has 0 spiro atoms. The SMILES string of the molecule is O=C(O)N1CC2CN(CCOc3ccc(Oc4nc5ccccc5s4)cc3)CC2C1. The minimum atomic E-state index is -0.796. The van der Waals surface area contributed by atoms with Gasteiger partial charge in [-0.05, 0) is 48.2 Å². The molecular weight excluding hydrogens is 402 g/mol. The first-order valence-corrected chi connectivity index (χ1v) is 10.9. The molecule has 7 nitrogen and oxygen atoms in total. The van der Waals surface area contributed by atoms with Crippen LogP contribution in [0, 0.1) is 11.8 Å². The van der Waals surface area contributed by atoms with E-state index >= 15 is 0 Å². The molecular formula is C22H23N3O4S. The fraction of sp³-hybridized carbons (Fsp3) is 0.364. The molecule has 30 heavy (non-hydrogen) atoms. The summed E-state index contributed by atoms with van der Waals surface area (Å²) in [4.78, 5) is 19.5. The van der Waals surface area contributed by atoms with Crippen molar-refractivity contribution in [3.63, 3.8) is 0 Å². The van der Waals surface area contributed by atoms with Gasteiger partial charge in [-0.25, -0.2) is 9.78 Å². The zero-order valence-electron chi connectivity index (χ0n) is 16.4. The van der Waals surface area contributed by atoms with Crippen LogP contribution in [0.4, 0.5) is 4.79 Å². The largest absolute Gasteiger partial charge is 0.492 e. The molecule has 2 aliphatic heterocycles. The summed E-state index contributed by atoms with van der Waals surface area (Å²) in [5, 5.41) is 9.75. The normalized spacial score (nSPS) is 21.1. The number of benzene rings is 2. The minimum absolute atomic E-state index is 0.458. The van der Waals surface area contributed by atoms with E-state index in [-0.39, 0.29) is 0 Å². The van der Waals surface area contributed by atoms with Crippen molar-refractivity contribution in [3.8, 4) is 16.7 Å². The third kappa shape index (κ3) is 4.06. The van der Waals surface area contributed by atoms with E-state index in [0.29, 0.717) is 36.7 Å². The molecule has 2 atom stereocenters. The van der Waals surface area contributed by atoms with Crippen LogP contribution >= 0.6 is 11.3 Å². The number of para-hydroxylation sites is 1. The summed E-state index contributed by atoms with van der Waals surface area (Å²) in [6.07, 6.45) is -0.796. The van der Waals surface area contributed by atoms with Gasteiger partial charge < -0.3 is 19.5 Å². The maximum Gasteiger partial charge on any atom is 0.407 e. The molecule has 2 aliphatic rings. The number of aromatic nitrogens is 1. The average molecular weight is 426 g/mol. The van der Waals surface area contributed by atoms with Crippen molar-refractivity contribution in [2.45, 2.75) is 0 Å². The molecule has 0 aliphatic carbocycles. The molecule has 1 N–H and O–H groups in total. The molecule has 156 valence electrons. The lowest BCUT2D eigenvalue weighted by Crippen LogP contribution is -2.33. The van der Waals surface area contributed by atoms with Crippen LogP contribution in [0.2, 0.25) is 0 Å². The Morgan fingerprint density at radius 3 is 2.43 bits per heavy atom. The van der Waals surface area contributed by atoms with E-state index in [2.05, 4.69) is 9.88 Å². The molecule has 3 aromatic rings. The third-order valence-corrected chi connectivity index (χ3v) is 6.73. The summed E-state index contributed by atoms with van der Waals surface area (Å²) in [7, 11) is 0. The number of carbonyl (C=O) groups is 1. The number of ether oxygens (including phenoxy) is 2. The van der Waals surface area contributed by atoms with E-state index in [9.17, 15) is 4.79 Å². The van der Waals surface area contributed by atoms with Gasteiger partial charge in [0, 0.05) is 32.7 Å². The highest BCUT2D eigenvalue weighted by Gasteiger charge is 2.41. The number of nitrogens with zero attached hydrogens (tertiary/aromatic N) is 3. The number of fused-ring (bicyclic) bond motifs is 2. The number of thiazole rings is 1. The van der Waals surface area contributed by atoms with Gasteiger partial charge in [-0.3, -0.25) is 4.90 Å². The zero-order valence-corrected chi connectivity index (χ0v) is 17.3. The van der Waals surface area contributed by atoms with Crippen molar-refractivity contribution in [1.29, 1.82) is 0 Å². The molecule has 3 heterocycles. The minimum Gasteiger partial charge on any atom is -0.492 e. The fourth-order valence-corrected chi connectivity index (χ4v) is 5.16. The smallest absolute Gasteiger partial charge is 0.407 e. The second-order valence-corrected chi connectivity index (χ2v) is 8.83. The Morgan fingerprint density at radius 2 is 1.73 bits per heavy atom. The maximum atomic E-state index is 11.1. The number of rotatable bonds is 6. The Kier molecular flexibility index (Phi) is 5.18. The Labute approximate surface area is 178 Å². The molecule has 2 unspecified atom stereocenters. The predicted molar refractivity (Wildman–Crippen MR) is 115 cm³/mol. The van der Waals surface area contributed by atoms with Crippen molar-refractivity contribution < 1.29 is 19.4 Å². The van der Waals surface area contributed by atoms with Gasteiger partial charge in [0.25, 0.3) is 5.19 Å². The number of carboxylic acid groups (broad SMARTS) is 1. The van der Waals surface area contributed by atoms with Gasteiger partial charge in [0.2, 0.25) is 0 Å².